The van der Waals surface area contributed by atoms with Crippen molar-refractivity contribution >= 4 is 16.8 Å². The molecule has 0 N–H and O–H groups in total. The molecular weight excluding hydrogens is 233 g/mol. The van der Waals surface area contributed by atoms with E-state index in [0.29, 0.717) is 0 Å². The van der Waals surface area contributed by atoms with Crippen molar-refractivity contribution in [3.05, 3.63) is 17.5 Å². The van der Waals surface area contributed by atoms with Gasteiger partial charge in [-0.2, -0.15) is 18.3 Å². The Balaban J connectivity index is 3.12. The van der Waals surface area contributed by atoms with Crippen LogP contribution in [-0.4, -0.2) is 15.0 Å². The largest absolute Gasteiger partial charge is 0.435 e. The third kappa shape index (κ3) is 2.50. The van der Waals surface area contributed by atoms with E-state index in [4.69, 9.17) is 11.6 Å². The Kier molecular flexibility index (Phi) is 3.08. The number of rotatable bonds is 2. The van der Waals surface area contributed by atoms with E-state index in [0.717, 1.165) is 10.7 Å². The van der Waals surface area contributed by atoms with Gasteiger partial charge in [-0.05, 0) is 31.5 Å². The third-order valence-corrected chi connectivity index (χ3v) is 2.22. The van der Waals surface area contributed by atoms with Crippen LogP contribution in [0.4, 0.5) is 13.2 Å². The van der Waals surface area contributed by atoms with Gasteiger partial charge < -0.3 is 0 Å². The summed E-state index contributed by atoms with van der Waals surface area (Å²) in [6.45, 7) is 2.81. The molecule has 7 heteroatoms. The molecule has 0 fully saturated rings. The Morgan fingerprint density at radius 1 is 1.60 bits per heavy atom. The number of carbonyl (C=O) groups is 1. The Morgan fingerprint density at radius 2 is 2.13 bits per heavy atom. The monoisotopic (exact) mass is 240 g/mol. The van der Waals surface area contributed by atoms with E-state index in [1.165, 1.54) is 13.8 Å². The molecule has 84 valence electrons. The van der Waals surface area contributed by atoms with Crippen molar-refractivity contribution in [3.63, 3.8) is 0 Å². The van der Waals surface area contributed by atoms with Crippen LogP contribution in [0, 0.1) is 6.92 Å². The van der Waals surface area contributed by atoms with Gasteiger partial charge in [-0.25, -0.2) is 0 Å². The van der Waals surface area contributed by atoms with Crippen molar-refractivity contribution in [3.8, 4) is 0 Å². The molecule has 1 aromatic rings. The molecule has 0 aliphatic carbocycles. The molecule has 0 saturated carbocycles. The second-order valence-electron chi connectivity index (χ2n) is 3.09. The van der Waals surface area contributed by atoms with E-state index < -0.39 is 23.2 Å². The van der Waals surface area contributed by atoms with E-state index in [2.05, 4.69) is 5.10 Å². The molecule has 1 rings (SSSR count). The van der Waals surface area contributed by atoms with Crippen LogP contribution in [0.15, 0.2) is 6.07 Å². The fraction of sp³-hybridized carbons (Fsp3) is 0.500. The molecule has 1 atom stereocenters. The molecule has 0 saturated heterocycles. The molecule has 15 heavy (non-hydrogen) atoms. The van der Waals surface area contributed by atoms with Crippen LogP contribution in [-0.2, 0) is 11.0 Å². The topological polar surface area (TPSA) is 34.9 Å². The zero-order chi connectivity index (χ0) is 11.8. The lowest BCUT2D eigenvalue weighted by molar-refractivity contribution is -0.141. The maximum absolute atomic E-state index is 12.3. The zero-order valence-electron chi connectivity index (χ0n) is 7.97. The van der Waals surface area contributed by atoms with E-state index >= 15 is 0 Å². The van der Waals surface area contributed by atoms with Crippen LogP contribution in [0.2, 0.25) is 0 Å². The van der Waals surface area contributed by atoms with Gasteiger partial charge in [0.25, 0.3) is 0 Å². The highest BCUT2D eigenvalue weighted by Crippen LogP contribution is 2.29. The first-order chi connectivity index (χ1) is 6.73. The van der Waals surface area contributed by atoms with Gasteiger partial charge >= 0.3 is 6.18 Å². The molecule has 3 nitrogen and oxygen atoms in total. The van der Waals surface area contributed by atoms with Crippen molar-refractivity contribution in [2.45, 2.75) is 26.1 Å². The maximum Gasteiger partial charge on any atom is 0.435 e. The molecule has 1 aromatic heterocycles. The van der Waals surface area contributed by atoms with Crippen molar-refractivity contribution < 1.29 is 18.0 Å². The molecule has 1 heterocycles. The number of hydrogen-bond acceptors (Lipinski definition) is 2. The smallest absolute Gasteiger partial charge is 0.279 e. The number of hydrogen-bond donors (Lipinski definition) is 0. The molecule has 0 spiro atoms. The highest BCUT2D eigenvalue weighted by atomic mass is 35.5. The third-order valence-electron chi connectivity index (χ3n) is 1.91. The zero-order valence-corrected chi connectivity index (χ0v) is 8.73. The van der Waals surface area contributed by atoms with Crippen LogP contribution < -0.4 is 0 Å². The molecular formula is C8H8ClF3N2O. The first-order valence-corrected chi connectivity index (χ1v) is 4.44. The van der Waals surface area contributed by atoms with Crippen LogP contribution in [0.3, 0.4) is 0 Å². The van der Waals surface area contributed by atoms with E-state index in [-0.39, 0.29) is 5.69 Å². The van der Waals surface area contributed by atoms with Crippen LogP contribution in [0.25, 0.3) is 0 Å². The molecule has 0 aliphatic heterocycles. The van der Waals surface area contributed by atoms with Crippen molar-refractivity contribution in [1.29, 1.82) is 0 Å². The fourth-order valence-corrected chi connectivity index (χ4v) is 1.21. The minimum Gasteiger partial charge on any atom is -0.279 e. The average molecular weight is 241 g/mol. The quantitative estimate of drug-likeness (QED) is 0.745. The van der Waals surface area contributed by atoms with Gasteiger partial charge in [0.05, 0.1) is 0 Å². The average Bonchev–Trinajstić information content (AvgIpc) is 2.45. The lowest BCUT2D eigenvalue weighted by atomic mass is 10.3. The summed E-state index contributed by atoms with van der Waals surface area (Å²) in [5, 5.41) is 2.53. The molecule has 0 amide bonds. The number of aromatic nitrogens is 2. The summed E-state index contributed by atoms with van der Waals surface area (Å²) in [6, 6.07) is -0.0289. The van der Waals surface area contributed by atoms with Crippen molar-refractivity contribution in [1.82, 2.24) is 9.78 Å². The van der Waals surface area contributed by atoms with Crippen LogP contribution >= 0.6 is 11.6 Å². The summed E-state index contributed by atoms with van der Waals surface area (Å²) in [5.74, 6) is 0. The summed E-state index contributed by atoms with van der Waals surface area (Å²) in [4.78, 5) is 10.8. The number of halogens is 4. The van der Waals surface area contributed by atoms with Crippen molar-refractivity contribution in [2.24, 2.45) is 0 Å². The van der Waals surface area contributed by atoms with Gasteiger partial charge in [-0.3, -0.25) is 9.48 Å². The Labute approximate surface area is 88.8 Å². The predicted octanol–water partition coefficient (Wildman–Crippen LogP) is 2.54. The molecule has 0 aliphatic rings. The molecule has 0 bridgehead atoms. The van der Waals surface area contributed by atoms with Gasteiger partial charge in [0.15, 0.2) is 5.69 Å². The Bertz CT molecular complexity index is 386. The summed E-state index contributed by atoms with van der Waals surface area (Å²) >= 11 is 5.18. The number of alkyl halides is 3. The summed E-state index contributed by atoms with van der Waals surface area (Å²) in [7, 11) is 0. The first-order valence-electron chi connectivity index (χ1n) is 4.06. The van der Waals surface area contributed by atoms with E-state index in [1.54, 1.807) is 0 Å². The predicted molar refractivity (Wildman–Crippen MR) is 47.5 cm³/mol. The summed E-state index contributed by atoms with van der Waals surface area (Å²) in [6.07, 6.45) is -4.51. The second kappa shape index (κ2) is 3.84. The lowest BCUT2D eigenvalue weighted by Crippen LogP contribution is -2.16. The number of nitrogens with zero attached hydrogens (tertiary/aromatic N) is 2. The van der Waals surface area contributed by atoms with Gasteiger partial charge in [-0.15, -0.1) is 0 Å². The highest BCUT2D eigenvalue weighted by molar-refractivity contribution is 6.64. The van der Waals surface area contributed by atoms with Crippen molar-refractivity contribution in [2.75, 3.05) is 0 Å². The lowest BCUT2D eigenvalue weighted by Gasteiger charge is -2.08. The maximum atomic E-state index is 12.3. The van der Waals surface area contributed by atoms with Gasteiger partial charge in [0.2, 0.25) is 5.24 Å². The highest BCUT2D eigenvalue weighted by Gasteiger charge is 2.35. The Morgan fingerprint density at radius 3 is 2.47 bits per heavy atom. The van der Waals surface area contributed by atoms with Gasteiger partial charge in [0.1, 0.15) is 6.04 Å². The Hall–Kier alpha value is -1.04. The van der Waals surface area contributed by atoms with Gasteiger partial charge in [0, 0.05) is 5.69 Å². The number of aryl methyl sites for hydroxylation is 1. The van der Waals surface area contributed by atoms with E-state index in [9.17, 15) is 18.0 Å². The summed E-state index contributed by atoms with van der Waals surface area (Å²) in [5.41, 5.74) is -0.784. The van der Waals surface area contributed by atoms with Crippen LogP contribution in [0.5, 0.6) is 0 Å². The standard InChI is InChI=1S/C8H8ClF3N2O/c1-4-3-6(8(10,11)12)13-14(4)5(2)7(9)15/h3,5H,1-2H3/t5-/m0/s1. The van der Waals surface area contributed by atoms with Crippen LogP contribution in [0.1, 0.15) is 24.4 Å². The minimum atomic E-state index is -4.51. The minimum absolute atomic E-state index is 0.240. The normalized spacial score (nSPS) is 14.0. The number of carbonyl (C=O) groups excluding carboxylic acids is 1. The molecule has 0 unspecified atom stereocenters. The molecule has 0 radical (unpaired) electrons. The van der Waals surface area contributed by atoms with Gasteiger partial charge in [-0.1, -0.05) is 0 Å². The summed E-state index contributed by atoms with van der Waals surface area (Å²) < 4.78 is 37.7. The van der Waals surface area contributed by atoms with E-state index in [1.807, 2.05) is 0 Å². The molecule has 0 aromatic carbocycles. The SMILES string of the molecule is Cc1cc(C(F)(F)F)nn1[C@@H](C)C(=O)Cl. The first kappa shape index (κ1) is 12.0. The second-order valence-corrected chi connectivity index (χ2v) is 3.47. The fourth-order valence-electron chi connectivity index (χ4n) is 1.11.